The topological polar surface area (TPSA) is 40.6 Å². The average molecular weight is 444 g/mol. The highest BCUT2D eigenvalue weighted by atomic mass is 31.1. The van der Waals surface area contributed by atoms with Gasteiger partial charge < -0.3 is 0 Å². The van der Waals surface area contributed by atoms with Gasteiger partial charge in [0.15, 0.2) is 0 Å². The van der Waals surface area contributed by atoms with Crippen LogP contribution in [0.4, 0.5) is 11.4 Å². The van der Waals surface area contributed by atoms with Gasteiger partial charge in [-0.15, -0.1) is 0 Å². The quantitative estimate of drug-likeness (QED) is 0.309. The van der Waals surface area contributed by atoms with Crippen LogP contribution in [0.3, 0.4) is 0 Å². The summed E-state index contributed by atoms with van der Waals surface area (Å²) in [5, 5.41) is 4.92. The lowest BCUT2D eigenvalue weighted by Gasteiger charge is -2.35. The molecule has 5 aromatic rings. The number of carbonyl (C=O) groups is 2. The van der Waals surface area contributed by atoms with Crippen molar-refractivity contribution in [2.75, 3.05) is 9.34 Å². The van der Waals surface area contributed by atoms with Crippen LogP contribution in [-0.4, -0.2) is 11.8 Å². The summed E-state index contributed by atoms with van der Waals surface area (Å²) in [6.07, 6.45) is 0. The van der Waals surface area contributed by atoms with E-state index >= 15 is 0 Å². The van der Waals surface area contributed by atoms with Crippen LogP contribution < -0.4 is 14.6 Å². The average Bonchev–Trinajstić information content (AvgIpc) is 3.31. The lowest BCUT2D eigenvalue weighted by atomic mass is 10.1. The van der Waals surface area contributed by atoms with Crippen molar-refractivity contribution >= 4 is 58.3 Å². The second kappa shape index (κ2) is 6.74. The zero-order valence-corrected chi connectivity index (χ0v) is 18.4. The molecule has 0 bridgehead atoms. The van der Waals surface area contributed by atoms with Gasteiger partial charge in [0.25, 0.3) is 11.8 Å². The second-order valence-corrected chi connectivity index (χ2v) is 10.1. The molecule has 0 atom stereocenters. The molecule has 0 saturated carbocycles. The Morgan fingerprint density at radius 2 is 0.939 bits per heavy atom. The standard InChI is InChI=1S/C28H17N2O2P/c31-27-21-14-4-8-18-10-6-16-23(25(18)21)29(27)33(20-12-2-1-3-13-20)30-24-17-7-11-19-9-5-15-22(26(19)24)28(30)32/h1-17H. The number of carbonyl (C=O) groups excluding carboxylic acids is 2. The van der Waals surface area contributed by atoms with Crippen LogP contribution in [0.15, 0.2) is 103 Å². The Morgan fingerprint density at radius 3 is 1.42 bits per heavy atom. The second-order valence-electron chi connectivity index (χ2n) is 8.22. The Bertz CT molecular complexity index is 1520. The molecular weight excluding hydrogens is 427 g/mol. The van der Waals surface area contributed by atoms with Crippen molar-refractivity contribution in [3.63, 3.8) is 0 Å². The molecule has 0 unspecified atom stereocenters. The first-order valence-electron chi connectivity index (χ1n) is 10.8. The minimum atomic E-state index is -1.51. The van der Waals surface area contributed by atoms with Gasteiger partial charge in [0.1, 0.15) is 8.22 Å². The predicted octanol–water partition coefficient (Wildman–Crippen LogP) is 6.25. The van der Waals surface area contributed by atoms with Crippen molar-refractivity contribution in [3.05, 3.63) is 114 Å². The van der Waals surface area contributed by atoms with Crippen molar-refractivity contribution in [3.8, 4) is 0 Å². The van der Waals surface area contributed by atoms with Crippen LogP contribution in [0, 0.1) is 0 Å². The molecule has 5 heteroatoms. The van der Waals surface area contributed by atoms with Gasteiger partial charge in [-0.1, -0.05) is 78.9 Å². The summed E-state index contributed by atoms with van der Waals surface area (Å²) in [4.78, 5) is 27.8. The van der Waals surface area contributed by atoms with Crippen molar-refractivity contribution in [1.82, 2.24) is 0 Å². The van der Waals surface area contributed by atoms with E-state index < -0.39 is 8.22 Å². The van der Waals surface area contributed by atoms with E-state index in [1.54, 1.807) is 0 Å². The number of anilines is 2. The largest absolute Gasteiger partial charge is 0.268 e. The first kappa shape index (κ1) is 18.6. The summed E-state index contributed by atoms with van der Waals surface area (Å²) in [5.41, 5.74) is 3.10. The molecular formula is C28H17N2O2P. The summed E-state index contributed by atoms with van der Waals surface area (Å²) >= 11 is 0. The minimum absolute atomic E-state index is 0.0623. The zero-order valence-electron chi connectivity index (χ0n) is 17.5. The van der Waals surface area contributed by atoms with Crippen molar-refractivity contribution in [1.29, 1.82) is 0 Å². The third-order valence-corrected chi connectivity index (χ3v) is 8.75. The van der Waals surface area contributed by atoms with Crippen LogP contribution in [0.5, 0.6) is 0 Å². The Hall–Kier alpha value is -4.01. The van der Waals surface area contributed by atoms with Gasteiger partial charge in [-0.2, -0.15) is 0 Å². The first-order chi connectivity index (χ1) is 16.2. The van der Waals surface area contributed by atoms with Crippen LogP contribution in [0.25, 0.3) is 21.5 Å². The number of hydrogen-bond acceptors (Lipinski definition) is 2. The van der Waals surface area contributed by atoms with Gasteiger partial charge in [-0.05, 0) is 35.0 Å². The fourth-order valence-corrected chi connectivity index (χ4v) is 7.44. The fraction of sp³-hybridized carbons (Fsp3) is 0. The molecule has 5 aromatic carbocycles. The molecule has 0 aromatic heterocycles. The van der Waals surface area contributed by atoms with Gasteiger partial charge in [0.05, 0.1) is 22.5 Å². The molecule has 0 spiro atoms. The molecule has 0 fully saturated rings. The molecule has 0 saturated heterocycles. The SMILES string of the molecule is O=C1c2cccc3cccc(c23)N1P(c1ccccc1)N1C(=O)c2cccc3cccc1c23. The first-order valence-corrected chi connectivity index (χ1v) is 12.1. The van der Waals surface area contributed by atoms with Crippen LogP contribution in [0.1, 0.15) is 20.7 Å². The number of hydrogen-bond donors (Lipinski definition) is 0. The van der Waals surface area contributed by atoms with Gasteiger partial charge in [0, 0.05) is 16.1 Å². The molecule has 2 heterocycles. The summed E-state index contributed by atoms with van der Waals surface area (Å²) in [6, 6.07) is 33.6. The maximum absolute atomic E-state index is 13.9. The molecule has 2 aliphatic rings. The van der Waals surface area contributed by atoms with Crippen LogP contribution >= 0.6 is 8.22 Å². The maximum Gasteiger partial charge on any atom is 0.263 e. The van der Waals surface area contributed by atoms with Crippen molar-refractivity contribution in [2.45, 2.75) is 0 Å². The van der Waals surface area contributed by atoms with Gasteiger partial charge >= 0.3 is 0 Å². The van der Waals surface area contributed by atoms with E-state index in [4.69, 9.17) is 0 Å². The Morgan fingerprint density at radius 1 is 0.485 bits per heavy atom. The monoisotopic (exact) mass is 444 g/mol. The highest BCUT2D eigenvalue weighted by Gasteiger charge is 2.44. The maximum atomic E-state index is 13.9. The molecule has 156 valence electrons. The highest BCUT2D eigenvalue weighted by Crippen LogP contribution is 2.57. The Balaban J connectivity index is 1.51. The Kier molecular flexibility index (Phi) is 3.79. The third-order valence-electron chi connectivity index (χ3n) is 6.43. The summed E-state index contributed by atoms with van der Waals surface area (Å²) in [6.45, 7) is 0. The molecule has 0 radical (unpaired) electrons. The van der Waals surface area contributed by atoms with Crippen LogP contribution in [0.2, 0.25) is 0 Å². The number of amides is 2. The van der Waals surface area contributed by atoms with Crippen LogP contribution in [-0.2, 0) is 0 Å². The van der Waals surface area contributed by atoms with Gasteiger partial charge in [-0.3, -0.25) is 18.9 Å². The lowest BCUT2D eigenvalue weighted by molar-refractivity contribution is 0.101. The summed E-state index contributed by atoms with van der Waals surface area (Å²) < 4.78 is 3.70. The number of rotatable bonds is 3. The molecule has 33 heavy (non-hydrogen) atoms. The number of nitrogens with zero attached hydrogens (tertiary/aromatic N) is 2. The van der Waals surface area contributed by atoms with E-state index in [9.17, 15) is 9.59 Å². The van der Waals surface area contributed by atoms with E-state index in [0.717, 1.165) is 38.2 Å². The molecule has 0 N–H and O–H groups in total. The van der Waals surface area contributed by atoms with E-state index in [-0.39, 0.29) is 11.8 Å². The summed E-state index contributed by atoms with van der Waals surface area (Å²) in [7, 11) is -1.51. The van der Waals surface area contributed by atoms with Crippen molar-refractivity contribution < 1.29 is 9.59 Å². The lowest BCUT2D eigenvalue weighted by Crippen LogP contribution is -2.37. The van der Waals surface area contributed by atoms with Crippen molar-refractivity contribution in [2.24, 2.45) is 0 Å². The Labute approximate surface area is 191 Å². The zero-order chi connectivity index (χ0) is 22.1. The van der Waals surface area contributed by atoms with E-state index in [0.29, 0.717) is 11.1 Å². The molecule has 7 rings (SSSR count). The van der Waals surface area contributed by atoms with E-state index in [2.05, 4.69) is 0 Å². The normalized spacial score (nSPS) is 14.3. The highest BCUT2D eigenvalue weighted by molar-refractivity contribution is 7.70. The predicted molar refractivity (Wildman–Crippen MR) is 135 cm³/mol. The molecule has 4 nitrogen and oxygen atoms in total. The smallest absolute Gasteiger partial charge is 0.263 e. The molecule has 2 amide bonds. The minimum Gasteiger partial charge on any atom is -0.268 e. The fourth-order valence-electron chi connectivity index (χ4n) is 5.06. The van der Waals surface area contributed by atoms with E-state index in [1.165, 1.54) is 0 Å². The van der Waals surface area contributed by atoms with E-state index in [1.807, 2.05) is 112 Å². The van der Waals surface area contributed by atoms with Gasteiger partial charge in [0.2, 0.25) is 0 Å². The van der Waals surface area contributed by atoms with Gasteiger partial charge in [-0.25, -0.2) is 0 Å². The number of benzene rings is 5. The summed E-state index contributed by atoms with van der Waals surface area (Å²) in [5.74, 6) is -0.125. The third kappa shape index (κ3) is 2.44. The molecule has 0 aliphatic carbocycles. The molecule has 2 aliphatic heterocycles.